The molecule has 1 aliphatic rings. The van der Waals surface area contributed by atoms with E-state index in [0.717, 1.165) is 47.9 Å². The Kier molecular flexibility index (Phi) is 5.38. The maximum absolute atomic E-state index is 12.3. The third kappa shape index (κ3) is 3.54. The Hall–Kier alpha value is -2.71. The van der Waals surface area contributed by atoms with Gasteiger partial charge >= 0.3 is 5.97 Å². The smallest absolute Gasteiger partial charge is 0.359 e. The number of hydrogen-bond donors (Lipinski definition) is 1. The minimum Gasteiger partial charge on any atom is -0.461 e. The number of fused-ring (bicyclic) bond motifs is 1. The van der Waals surface area contributed by atoms with Crippen molar-refractivity contribution in [2.45, 2.75) is 39.3 Å². The lowest BCUT2D eigenvalue weighted by molar-refractivity contribution is -0.0366. The van der Waals surface area contributed by atoms with E-state index in [1.807, 2.05) is 23.7 Å². The van der Waals surface area contributed by atoms with Crippen LogP contribution in [0.15, 0.2) is 18.3 Å². The van der Waals surface area contributed by atoms with E-state index in [0.29, 0.717) is 5.69 Å². The molecule has 152 valence electrons. The predicted octanol–water partition coefficient (Wildman–Crippen LogP) is 3.91. The molecule has 0 saturated carbocycles. The number of anilines is 1. The minimum atomic E-state index is -0.633. The standard InChI is InChI=1S/C20H22ClN5O3/c1-3-28-19(27)18-16(22)17(24-20(21)25-18)15-11(2)7-8-13-12(15)10-23-26(13)14-6-4-5-9-29-14/h7-8,10,14H,3-6,9,22H2,1-2H3. The van der Waals surface area contributed by atoms with Gasteiger partial charge in [0.15, 0.2) is 11.9 Å². The molecule has 2 aromatic heterocycles. The molecule has 1 atom stereocenters. The van der Waals surface area contributed by atoms with Crippen LogP contribution < -0.4 is 5.73 Å². The lowest BCUT2D eigenvalue weighted by atomic mass is 9.99. The van der Waals surface area contributed by atoms with E-state index in [2.05, 4.69) is 15.1 Å². The number of esters is 1. The van der Waals surface area contributed by atoms with Crippen LogP contribution >= 0.6 is 11.6 Å². The summed E-state index contributed by atoms with van der Waals surface area (Å²) < 4.78 is 12.8. The van der Waals surface area contributed by atoms with Gasteiger partial charge in [0.25, 0.3) is 0 Å². The number of rotatable bonds is 4. The van der Waals surface area contributed by atoms with Gasteiger partial charge in [-0.25, -0.2) is 19.4 Å². The molecule has 0 aliphatic carbocycles. The molecule has 29 heavy (non-hydrogen) atoms. The van der Waals surface area contributed by atoms with E-state index in [1.165, 1.54) is 0 Å². The molecule has 1 aromatic carbocycles. The van der Waals surface area contributed by atoms with Crippen LogP contribution in [0.3, 0.4) is 0 Å². The number of carbonyl (C=O) groups excluding carboxylic acids is 1. The third-order valence-electron chi connectivity index (χ3n) is 5.04. The summed E-state index contributed by atoms with van der Waals surface area (Å²) in [6, 6.07) is 3.97. The number of carbonyl (C=O) groups is 1. The Morgan fingerprint density at radius 3 is 2.93 bits per heavy atom. The highest BCUT2D eigenvalue weighted by atomic mass is 35.5. The molecule has 0 bridgehead atoms. The molecule has 2 N–H and O–H groups in total. The first kappa shape index (κ1) is 19.6. The summed E-state index contributed by atoms with van der Waals surface area (Å²) in [5, 5.41) is 5.35. The van der Waals surface area contributed by atoms with Crippen molar-refractivity contribution in [1.82, 2.24) is 19.7 Å². The second kappa shape index (κ2) is 7.96. The summed E-state index contributed by atoms with van der Waals surface area (Å²) in [6.07, 6.45) is 4.75. The Balaban J connectivity index is 1.89. The maximum Gasteiger partial charge on any atom is 0.359 e. The Bertz CT molecular complexity index is 1080. The number of benzene rings is 1. The molecule has 1 unspecified atom stereocenters. The van der Waals surface area contributed by atoms with Crippen molar-refractivity contribution in [2.75, 3.05) is 18.9 Å². The summed E-state index contributed by atoms with van der Waals surface area (Å²) >= 11 is 6.12. The molecule has 4 rings (SSSR count). The van der Waals surface area contributed by atoms with Gasteiger partial charge in [0.2, 0.25) is 5.28 Å². The summed E-state index contributed by atoms with van der Waals surface area (Å²) in [4.78, 5) is 20.6. The number of aromatic nitrogens is 4. The van der Waals surface area contributed by atoms with Gasteiger partial charge in [0.1, 0.15) is 5.69 Å². The molecule has 9 heteroatoms. The van der Waals surface area contributed by atoms with Crippen LogP contribution in [0.2, 0.25) is 5.28 Å². The summed E-state index contributed by atoms with van der Waals surface area (Å²) in [6.45, 7) is 4.59. The maximum atomic E-state index is 12.3. The van der Waals surface area contributed by atoms with Crippen molar-refractivity contribution in [2.24, 2.45) is 0 Å². The number of ether oxygens (including phenoxy) is 2. The number of hydrogen-bond acceptors (Lipinski definition) is 7. The molecule has 3 aromatic rings. The van der Waals surface area contributed by atoms with Gasteiger partial charge in [-0.2, -0.15) is 5.10 Å². The fraction of sp³-hybridized carbons (Fsp3) is 0.400. The zero-order chi connectivity index (χ0) is 20.5. The van der Waals surface area contributed by atoms with E-state index in [1.54, 1.807) is 13.1 Å². The largest absolute Gasteiger partial charge is 0.461 e. The highest BCUT2D eigenvalue weighted by Gasteiger charge is 2.24. The third-order valence-corrected chi connectivity index (χ3v) is 5.21. The van der Waals surface area contributed by atoms with Gasteiger partial charge in [0.05, 0.1) is 24.0 Å². The van der Waals surface area contributed by atoms with Gasteiger partial charge in [-0.15, -0.1) is 0 Å². The molecular weight excluding hydrogens is 394 g/mol. The molecule has 1 saturated heterocycles. The van der Waals surface area contributed by atoms with E-state index < -0.39 is 5.97 Å². The highest BCUT2D eigenvalue weighted by molar-refractivity contribution is 6.28. The highest BCUT2D eigenvalue weighted by Crippen LogP contribution is 2.37. The summed E-state index contributed by atoms with van der Waals surface area (Å²) in [5.74, 6) is -0.633. The van der Waals surface area contributed by atoms with Gasteiger partial charge < -0.3 is 15.2 Å². The average Bonchev–Trinajstić information content (AvgIpc) is 3.14. The monoisotopic (exact) mass is 415 g/mol. The van der Waals surface area contributed by atoms with Gasteiger partial charge in [0, 0.05) is 17.6 Å². The van der Waals surface area contributed by atoms with E-state index in [9.17, 15) is 4.79 Å². The predicted molar refractivity (Wildman–Crippen MR) is 110 cm³/mol. The van der Waals surface area contributed by atoms with E-state index in [4.69, 9.17) is 26.8 Å². The first-order chi connectivity index (χ1) is 14.0. The van der Waals surface area contributed by atoms with Crippen molar-refractivity contribution in [3.63, 3.8) is 0 Å². The van der Waals surface area contributed by atoms with Crippen LogP contribution in [-0.4, -0.2) is 38.9 Å². The van der Waals surface area contributed by atoms with Crippen LogP contribution in [0.5, 0.6) is 0 Å². The summed E-state index contributed by atoms with van der Waals surface area (Å²) in [7, 11) is 0. The lowest BCUT2D eigenvalue weighted by Gasteiger charge is -2.23. The topological polar surface area (TPSA) is 105 Å². The van der Waals surface area contributed by atoms with Crippen LogP contribution in [0, 0.1) is 6.92 Å². The number of aryl methyl sites for hydroxylation is 1. The lowest BCUT2D eigenvalue weighted by Crippen LogP contribution is -2.18. The number of nitrogens with two attached hydrogens (primary N) is 1. The number of nitrogens with zero attached hydrogens (tertiary/aromatic N) is 4. The van der Waals surface area contributed by atoms with Gasteiger partial charge in [-0.1, -0.05) is 6.07 Å². The van der Waals surface area contributed by atoms with Crippen molar-refractivity contribution in [3.8, 4) is 11.3 Å². The molecule has 0 radical (unpaired) electrons. The van der Waals surface area contributed by atoms with Gasteiger partial charge in [-0.3, -0.25) is 0 Å². The molecule has 3 heterocycles. The first-order valence-corrected chi connectivity index (χ1v) is 9.98. The molecule has 0 amide bonds. The summed E-state index contributed by atoms with van der Waals surface area (Å²) in [5.41, 5.74) is 9.36. The van der Waals surface area contributed by atoms with Crippen molar-refractivity contribution in [3.05, 3.63) is 34.9 Å². The zero-order valence-electron chi connectivity index (χ0n) is 16.3. The fourth-order valence-electron chi connectivity index (χ4n) is 3.68. The zero-order valence-corrected chi connectivity index (χ0v) is 17.1. The average molecular weight is 416 g/mol. The van der Waals surface area contributed by atoms with E-state index >= 15 is 0 Å². The molecule has 1 fully saturated rings. The second-order valence-electron chi connectivity index (χ2n) is 6.92. The SMILES string of the molecule is CCOC(=O)c1nc(Cl)nc(-c2c(C)ccc3c2cnn3C2CCCCO2)c1N. The number of nitrogen functional groups attached to an aromatic ring is 1. The van der Waals surface area contributed by atoms with Crippen molar-refractivity contribution < 1.29 is 14.3 Å². The molecule has 1 aliphatic heterocycles. The number of halogens is 1. The van der Waals surface area contributed by atoms with E-state index in [-0.39, 0.29) is 29.5 Å². The first-order valence-electron chi connectivity index (χ1n) is 9.60. The minimum absolute atomic E-state index is 0.0405. The molecular formula is C20H22ClN5O3. The van der Waals surface area contributed by atoms with Crippen LogP contribution in [0.1, 0.15) is 48.5 Å². The quantitative estimate of drug-likeness (QED) is 0.508. The van der Waals surface area contributed by atoms with Crippen LogP contribution in [-0.2, 0) is 9.47 Å². The Morgan fingerprint density at radius 2 is 2.21 bits per heavy atom. The van der Waals surface area contributed by atoms with Crippen LogP contribution in [0.4, 0.5) is 5.69 Å². The molecule has 0 spiro atoms. The van der Waals surface area contributed by atoms with Crippen molar-refractivity contribution >= 4 is 34.2 Å². The fourth-order valence-corrected chi connectivity index (χ4v) is 3.85. The second-order valence-corrected chi connectivity index (χ2v) is 7.26. The van der Waals surface area contributed by atoms with Gasteiger partial charge in [-0.05, 0) is 56.3 Å². The normalized spacial score (nSPS) is 16.9. The van der Waals surface area contributed by atoms with Crippen LogP contribution in [0.25, 0.3) is 22.2 Å². The Labute approximate surface area is 173 Å². The van der Waals surface area contributed by atoms with Crippen molar-refractivity contribution in [1.29, 1.82) is 0 Å². The Morgan fingerprint density at radius 1 is 1.38 bits per heavy atom. The molecule has 8 nitrogen and oxygen atoms in total.